The molecule has 0 atom stereocenters. The topological polar surface area (TPSA) is 64.7 Å². The van der Waals surface area contributed by atoms with Gasteiger partial charge >= 0.3 is 0 Å². The number of benzene rings is 1. The lowest BCUT2D eigenvalue weighted by Crippen LogP contribution is -2.09. The van der Waals surface area contributed by atoms with E-state index in [1.54, 1.807) is 52.1 Å². The van der Waals surface area contributed by atoms with E-state index in [-0.39, 0.29) is 5.91 Å². The van der Waals surface area contributed by atoms with Crippen LogP contribution in [0.3, 0.4) is 0 Å². The Labute approximate surface area is 161 Å². The highest BCUT2D eigenvalue weighted by molar-refractivity contribution is 6.35. The van der Waals surface area contributed by atoms with Gasteiger partial charge in [-0.15, -0.1) is 0 Å². The number of anilines is 1. The molecular weight excluding hydrogens is 373 g/mol. The zero-order chi connectivity index (χ0) is 18.5. The van der Waals surface area contributed by atoms with E-state index >= 15 is 0 Å². The number of carbonyl (C=O) groups excluding carboxylic acids is 1. The number of halogens is 2. The first-order valence-corrected chi connectivity index (χ1v) is 8.78. The van der Waals surface area contributed by atoms with Crippen molar-refractivity contribution in [3.05, 3.63) is 70.1 Å². The van der Waals surface area contributed by atoms with Crippen LogP contribution >= 0.6 is 23.2 Å². The third kappa shape index (κ3) is 4.53. The largest absolute Gasteiger partial charge is 0.306 e. The van der Waals surface area contributed by atoms with Gasteiger partial charge in [0.2, 0.25) is 5.91 Å². The van der Waals surface area contributed by atoms with Crippen molar-refractivity contribution >= 4 is 41.0 Å². The molecule has 0 spiro atoms. The molecule has 0 aliphatic rings. The standard InChI is InChI=1S/C18H17Cl2N5O/c1-2-24-11-13(10-21-24)6-7-18(26)22-17-8-9-25(23-17)12-14-15(19)4-3-5-16(14)20/h3-11H,2,12H2,1H3,(H,22,23,26)/b7-6+. The van der Waals surface area contributed by atoms with Gasteiger partial charge < -0.3 is 5.32 Å². The van der Waals surface area contributed by atoms with E-state index in [0.29, 0.717) is 22.4 Å². The molecule has 1 amide bonds. The summed E-state index contributed by atoms with van der Waals surface area (Å²) >= 11 is 12.3. The van der Waals surface area contributed by atoms with Crippen LogP contribution in [0.2, 0.25) is 10.0 Å². The number of aryl methyl sites for hydroxylation is 1. The summed E-state index contributed by atoms with van der Waals surface area (Å²) in [5.74, 6) is 0.183. The summed E-state index contributed by atoms with van der Waals surface area (Å²) < 4.78 is 3.46. The average Bonchev–Trinajstić information content (AvgIpc) is 3.25. The van der Waals surface area contributed by atoms with Crippen molar-refractivity contribution in [1.82, 2.24) is 19.6 Å². The quantitative estimate of drug-likeness (QED) is 0.645. The van der Waals surface area contributed by atoms with E-state index in [0.717, 1.165) is 17.7 Å². The monoisotopic (exact) mass is 389 g/mol. The first-order chi connectivity index (χ1) is 12.5. The molecule has 0 bridgehead atoms. The Morgan fingerprint density at radius 3 is 2.69 bits per heavy atom. The molecule has 0 saturated heterocycles. The molecule has 3 rings (SSSR count). The number of nitrogens with one attached hydrogen (secondary N) is 1. The number of hydrogen-bond acceptors (Lipinski definition) is 3. The first-order valence-electron chi connectivity index (χ1n) is 8.03. The van der Waals surface area contributed by atoms with Gasteiger partial charge in [-0.1, -0.05) is 29.3 Å². The van der Waals surface area contributed by atoms with Crippen molar-refractivity contribution < 1.29 is 4.79 Å². The maximum absolute atomic E-state index is 12.0. The molecule has 1 N–H and O–H groups in total. The number of aromatic nitrogens is 4. The number of carbonyl (C=O) groups is 1. The maximum atomic E-state index is 12.0. The number of rotatable bonds is 6. The molecule has 0 radical (unpaired) electrons. The predicted octanol–water partition coefficient (Wildman–Crippen LogP) is 4.11. The van der Waals surface area contributed by atoms with Gasteiger partial charge in [-0.25, -0.2) is 0 Å². The lowest BCUT2D eigenvalue weighted by atomic mass is 10.2. The summed E-state index contributed by atoms with van der Waals surface area (Å²) in [6.07, 6.45) is 8.47. The van der Waals surface area contributed by atoms with E-state index in [1.165, 1.54) is 6.08 Å². The maximum Gasteiger partial charge on any atom is 0.249 e. The summed E-state index contributed by atoms with van der Waals surface area (Å²) in [6, 6.07) is 7.06. The second-order valence-corrected chi connectivity index (χ2v) is 6.37. The third-order valence-electron chi connectivity index (χ3n) is 3.68. The van der Waals surface area contributed by atoms with Crippen LogP contribution in [-0.2, 0) is 17.9 Å². The molecule has 26 heavy (non-hydrogen) atoms. The van der Waals surface area contributed by atoms with Crippen molar-refractivity contribution in [3.8, 4) is 0 Å². The first kappa shape index (κ1) is 18.2. The highest BCUT2D eigenvalue weighted by Crippen LogP contribution is 2.25. The Kier molecular flexibility index (Phi) is 5.75. The van der Waals surface area contributed by atoms with Crippen molar-refractivity contribution in [1.29, 1.82) is 0 Å². The smallest absolute Gasteiger partial charge is 0.249 e. The van der Waals surface area contributed by atoms with Crippen LogP contribution in [0.4, 0.5) is 5.82 Å². The zero-order valence-corrected chi connectivity index (χ0v) is 15.6. The minimum atomic E-state index is -0.268. The van der Waals surface area contributed by atoms with Crippen molar-refractivity contribution in [3.63, 3.8) is 0 Å². The molecule has 0 aliphatic carbocycles. The summed E-state index contributed by atoms with van der Waals surface area (Å²) in [4.78, 5) is 12.0. The highest BCUT2D eigenvalue weighted by Gasteiger charge is 2.08. The fourth-order valence-corrected chi connectivity index (χ4v) is 2.86. The molecule has 134 valence electrons. The summed E-state index contributed by atoms with van der Waals surface area (Å²) in [5, 5.41) is 12.3. The van der Waals surface area contributed by atoms with E-state index < -0.39 is 0 Å². The lowest BCUT2D eigenvalue weighted by molar-refractivity contribution is -0.111. The van der Waals surface area contributed by atoms with Crippen LogP contribution in [0.25, 0.3) is 6.08 Å². The van der Waals surface area contributed by atoms with Crippen molar-refractivity contribution in [2.24, 2.45) is 0 Å². The Hall–Kier alpha value is -2.57. The third-order valence-corrected chi connectivity index (χ3v) is 4.39. The molecule has 6 nitrogen and oxygen atoms in total. The van der Waals surface area contributed by atoms with Gasteiger partial charge in [-0.2, -0.15) is 10.2 Å². The molecule has 8 heteroatoms. The van der Waals surface area contributed by atoms with E-state index in [2.05, 4.69) is 15.5 Å². The molecule has 0 aliphatic heterocycles. The molecule has 0 unspecified atom stereocenters. The van der Waals surface area contributed by atoms with Gasteiger partial charge in [0.1, 0.15) is 0 Å². The lowest BCUT2D eigenvalue weighted by Gasteiger charge is -2.06. The normalized spacial score (nSPS) is 11.2. The SMILES string of the molecule is CCn1cc(/C=C/C(=O)Nc2ccn(Cc3c(Cl)cccc3Cl)n2)cn1. The number of hydrogen-bond donors (Lipinski definition) is 1. The van der Waals surface area contributed by atoms with Crippen molar-refractivity contribution in [2.45, 2.75) is 20.0 Å². The van der Waals surface area contributed by atoms with Crippen LogP contribution in [0.5, 0.6) is 0 Å². The Morgan fingerprint density at radius 1 is 1.23 bits per heavy atom. The molecule has 2 heterocycles. The molecule has 3 aromatic rings. The van der Waals surface area contributed by atoms with Gasteiger partial charge in [0, 0.05) is 52.3 Å². The minimum absolute atomic E-state index is 0.268. The molecule has 0 fully saturated rings. The molecule has 0 saturated carbocycles. The Morgan fingerprint density at radius 2 is 2.00 bits per heavy atom. The fraction of sp³-hybridized carbons (Fsp3) is 0.167. The minimum Gasteiger partial charge on any atom is -0.306 e. The molecule has 1 aromatic carbocycles. The van der Waals surface area contributed by atoms with E-state index in [4.69, 9.17) is 23.2 Å². The summed E-state index contributed by atoms with van der Waals surface area (Å²) in [6.45, 7) is 3.20. The zero-order valence-electron chi connectivity index (χ0n) is 14.1. The van der Waals surface area contributed by atoms with E-state index in [1.807, 2.05) is 13.1 Å². The number of nitrogens with zero attached hydrogens (tertiary/aromatic N) is 4. The van der Waals surface area contributed by atoms with Crippen LogP contribution in [0, 0.1) is 0 Å². The molecular formula is C18H17Cl2N5O. The second kappa shape index (κ2) is 8.21. The van der Waals surface area contributed by atoms with Crippen LogP contribution in [0.1, 0.15) is 18.1 Å². The van der Waals surface area contributed by atoms with Crippen LogP contribution < -0.4 is 5.32 Å². The van der Waals surface area contributed by atoms with Crippen molar-refractivity contribution in [2.75, 3.05) is 5.32 Å². The van der Waals surface area contributed by atoms with Crippen LogP contribution in [0.15, 0.2) is 48.9 Å². The van der Waals surface area contributed by atoms with Gasteiger partial charge in [-0.05, 0) is 25.1 Å². The Balaban J connectivity index is 1.62. The second-order valence-electron chi connectivity index (χ2n) is 5.55. The molecule has 2 aromatic heterocycles. The average molecular weight is 390 g/mol. The van der Waals surface area contributed by atoms with Gasteiger partial charge in [0.15, 0.2) is 5.82 Å². The Bertz CT molecular complexity index is 924. The number of amides is 1. The highest BCUT2D eigenvalue weighted by atomic mass is 35.5. The van der Waals surface area contributed by atoms with E-state index in [9.17, 15) is 4.79 Å². The summed E-state index contributed by atoms with van der Waals surface area (Å²) in [7, 11) is 0. The van der Waals surface area contributed by atoms with Gasteiger partial charge in [0.25, 0.3) is 0 Å². The van der Waals surface area contributed by atoms with Gasteiger partial charge in [0.05, 0.1) is 12.7 Å². The predicted molar refractivity (Wildman–Crippen MR) is 103 cm³/mol. The fourth-order valence-electron chi connectivity index (χ4n) is 2.34. The van der Waals surface area contributed by atoms with Gasteiger partial charge in [-0.3, -0.25) is 14.2 Å². The van der Waals surface area contributed by atoms with Crippen LogP contribution in [-0.4, -0.2) is 25.5 Å². The summed E-state index contributed by atoms with van der Waals surface area (Å²) in [5.41, 5.74) is 1.64.